The van der Waals surface area contributed by atoms with Crippen LogP contribution < -0.4 is 10.1 Å². The topological polar surface area (TPSA) is 73.9 Å². The van der Waals surface area contributed by atoms with E-state index in [-0.39, 0.29) is 13.0 Å². The third-order valence-electron chi connectivity index (χ3n) is 5.08. The molecule has 0 fully saturated rings. The van der Waals surface area contributed by atoms with Crippen molar-refractivity contribution in [2.75, 3.05) is 0 Å². The first-order chi connectivity index (χ1) is 16.7. The van der Waals surface area contributed by atoms with Crippen LogP contribution in [0.25, 0.3) is 0 Å². The minimum Gasteiger partial charge on any atom is -0.489 e. The van der Waals surface area contributed by atoms with Gasteiger partial charge in [-0.3, -0.25) is 0 Å². The Balaban J connectivity index is 1.77. The van der Waals surface area contributed by atoms with Crippen LogP contribution in [-0.4, -0.2) is 23.7 Å². The molecule has 0 saturated heterocycles. The summed E-state index contributed by atoms with van der Waals surface area (Å²) in [7, 11) is 0. The van der Waals surface area contributed by atoms with Gasteiger partial charge in [-0.15, -0.1) is 0 Å². The molecule has 3 rings (SSSR count). The van der Waals surface area contributed by atoms with Crippen LogP contribution in [0.2, 0.25) is 0 Å². The summed E-state index contributed by atoms with van der Waals surface area (Å²) >= 11 is 0. The van der Waals surface area contributed by atoms with Gasteiger partial charge in [-0.1, -0.05) is 78.4 Å². The average molecular weight is 476 g/mol. The Hall–Kier alpha value is -3.80. The SMILES string of the molecule is Cc1ccc(OCc2ccccc2)c(CC(NC(=O)OC(C)(C)C)C(=O)OCc2ccccc2)c1. The van der Waals surface area contributed by atoms with Gasteiger partial charge in [-0.05, 0) is 50.5 Å². The summed E-state index contributed by atoms with van der Waals surface area (Å²) in [5.41, 5.74) is 3.00. The Bertz CT molecular complexity index is 1110. The van der Waals surface area contributed by atoms with Gasteiger partial charge >= 0.3 is 12.1 Å². The zero-order valence-electron chi connectivity index (χ0n) is 20.7. The Kier molecular flexibility index (Phi) is 8.90. The minimum atomic E-state index is -0.950. The summed E-state index contributed by atoms with van der Waals surface area (Å²) < 4.78 is 17.0. The highest BCUT2D eigenvalue weighted by Gasteiger charge is 2.27. The highest BCUT2D eigenvalue weighted by Crippen LogP contribution is 2.24. The standard InChI is InChI=1S/C29H33NO5/c1-21-15-16-26(33-19-22-11-7-5-8-12-22)24(17-21)18-25(30-28(32)35-29(2,3)4)27(31)34-20-23-13-9-6-10-14-23/h5-17,25H,18-20H2,1-4H3,(H,30,32). The van der Waals surface area contributed by atoms with Crippen LogP contribution in [0.15, 0.2) is 78.9 Å². The van der Waals surface area contributed by atoms with E-state index in [0.29, 0.717) is 12.4 Å². The van der Waals surface area contributed by atoms with Gasteiger partial charge in [0.15, 0.2) is 0 Å². The van der Waals surface area contributed by atoms with E-state index < -0.39 is 23.7 Å². The molecule has 0 aliphatic carbocycles. The van der Waals surface area contributed by atoms with Gasteiger partial charge in [-0.2, -0.15) is 0 Å². The number of alkyl carbamates (subject to hydrolysis) is 1. The lowest BCUT2D eigenvalue weighted by Crippen LogP contribution is -2.45. The van der Waals surface area contributed by atoms with Crippen LogP contribution in [0.5, 0.6) is 5.75 Å². The number of rotatable bonds is 9. The largest absolute Gasteiger partial charge is 0.489 e. The van der Waals surface area contributed by atoms with Gasteiger partial charge in [0.2, 0.25) is 0 Å². The van der Waals surface area contributed by atoms with E-state index >= 15 is 0 Å². The molecule has 0 spiro atoms. The van der Waals surface area contributed by atoms with Gasteiger partial charge in [-0.25, -0.2) is 9.59 Å². The first-order valence-electron chi connectivity index (χ1n) is 11.7. The summed E-state index contributed by atoms with van der Waals surface area (Å²) in [6.07, 6.45) is -0.489. The van der Waals surface area contributed by atoms with Gasteiger partial charge in [0.1, 0.15) is 30.6 Å². The summed E-state index contributed by atoms with van der Waals surface area (Å²) in [5, 5.41) is 2.69. The molecule has 0 heterocycles. The zero-order chi connectivity index (χ0) is 25.3. The molecule has 0 bridgehead atoms. The smallest absolute Gasteiger partial charge is 0.408 e. The lowest BCUT2D eigenvalue weighted by Gasteiger charge is -2.23. The normalized spacial score (nSPS) is 11.9. The Labute approximate surface area is 207 Å². The fourth-order valence-corrected chi connectivity index (χ4v) is 3.44. The van der Waals surface area contributed by atoms with Crippen LogP contribution in [0.4, 0.5) is 4.79 Å². The Morgan fingerprint density at radius 1 is 0.857 bits per heavy atom. The molecule has 1 N–H and O–H groups in total. The van der Waals surface area contributed by atoms with Crippen LogP contribution in [-0.2, 0) is 33.9 Å². The van der Waals surface area contributed by atoms with E-state index in [1.807, 2.05) is 85.8 Å². The maximum absolute atomic E-state index is 13.1. The molecule has 0 aromatic heterocycles. The fraction of sp³-hybridized carbons (Fsp3) is 0.310. The molecular weight excluding hydrogens is 442 g/mol. The van der Waals surface area contributed by atoms with Crippen molar-refractivity contribution in [2.24, 2.45) is 0 Å². The number of hydrogen-bond donors (Lipinski definition) is 1. The number of amides is 1. The van der Waals surface area contributed by atoms with E-state index in [2.05, 4.69) is 5.32 Å². The maximum atomic E-state index is 13.1. The molecule has 1 atom stereocenters. The number of carbonyl (C=O) groups is 2. The van der Waals surface area contributed by atoms with Crippen molar-refractivity contribution < 1.29 is 23.8 Å². The fourth-order valence-electron chi connectivity index (χ4n) is 3.44. The molecular formula is C29H33NO5. The molecule has 3 aromatic rings. The summed E-state index contributed by atoms with van der Waals surface area (Å²) in [6.45, 7) is 7.77. The second-order valence-corrected chi connectivity index (χ2v) is 9.38. The lowest BCUT2D eigenvalue weighted by atomic mass is 10.0. The highest BCUT2D eigenvalue weighted by molar-refractivity contribution is 5.82. The molecule has 1 unspecified atom stereocenters. The van der Waals surface area contributed by atoms with Crippen molar-refractivity contribution in [1.29, 1.82) is 0 Å². The molecule has 184 valence electrons. The molecule has 0 saturated carbocycles. The maximum Gasteiger partial charge on any atom is 0.408 e. The van der Waals surface area contributed by atoms with Crippen LogP contribution >= 0.6 is 0 Å². The zero-order valence-corrected chi connectivity index (χ0v) is 20.7. The molecule has 0 aliphatic rings. The van der Waals surface area contributed by atoms with Gasteiger partial charge in [0, 0.05) is 6.42 Å². The summed E-state index contributed by atoms with van der Waals surface area (Å²) in [4.78, 5) is 25.6. The quantitative estimate of drug-likeness (QED) is 0.399. The number of aryl methyl sites for hydroxylation is 1. The van der Waals surface area contributed by atoms with Crippen LogP contribution in [0.3, 0.4) is 0 Å². The third-order valence-corrected chi connectivity index (χ3v) is 5.08. The Morgan fingerprint density at radius 2 is 1.46 bits per heavy atom. The third kappa shape index (κ3) is 8.81. The van der Waals surface area contributed by atoms with Gasteiger partial charge in [0.25, 0.3) is 0 Å². The minimum absolute atomic E-state index is 0.108. The number of benzene rings is 3. The molecule has 6 heteroatoms. The number of ether oxygens (including phenoxy) is 3. The van der Waals surface area contributed by atoms with Crippen molar-refractivity contribution in [3.8, 4) is 5.75 Å². The van der Waals surface area contributed by atoms with Crippen LogP contribution in [0, 0.1) is 6.92 Å². The Morgan fingerprint density at radius 3 is 2.06 bits per heavy atom. The van der Waals surface area contributed by atoms with Crippen molar-refractivity contribution in [1.82, 2.24) is 5.32 Å². The second-order valence-electron chi connectivity index (χ2n) is 9.38. The number of esters is 1. The monoisotopic (exact) mass is 475 g/mol. The second kappa shape index (κ2) is 12.1. The van der Waals surface area contributed by atoms with E-state index in [4.69, 9.17) is 14.2 Å². The van der Waals surface area contributed by atoms with Crippen molar-refractivity contribution in [2.45, 2.75) is 59.0 Å². The number of hydrogen-bond acceptors (Lipinski definition) is 5. The number of carbonyl (C=O) groups excluding carboxylic acids is 2. The first-order valence-corrected chi connectivity index (χ1v) is 11.7. The summed E-state index contributed by atoms with van der Waals surface area (Å²) in [5.74, 6) is 0.0986. The molecule has 1 amide bonds. The molecule has 0 aliphatic heterocycles. The molecule has 35 heavy (non-hydrogen) atoms. The van der Waals surface area contributed by atoms with Gasteiger partial charge < -0.3 is 19.5 Å². The van der Waals surface area contributed by atoms with Crippen molar-refractivity contribution >= 4 is 12.1 Å². The highest BCUT2D eigenvalue weighted by atomic mass is 16.6. The average Bonchev–Trinajstić information content (AvgIpc) is 2.82. The van der Waals surface area contributed by atoms with Crippen molar-refractivity contribution in [3.05, 3.63) is 101 Å². The molecule has 6 nitrogen and oxygen atoms in total. The van der Waals surface area contributed by atoms with Crippen LogP contribution in [0.1, 0.15) is 43.0 Å². The predicted octanol–water partition coefficient (Wildman–Crippen LogP) is 5.75. The first kappa shape index (κ1) is 25.8. The molecule has 0 radical (unpaired) electrons. The summed E-state index contributed by atoms with van der Waals surface area (Å²) in [6, 6.07) is 24.1. The lowest BCUT2D eigenvalue weighted by molar-refractivity contribution is -0.147. The molecule has 3 aromatic carbocycles. The van der Waals surface area contributed by atoms with E-state index in [0.717, 1.165) is 22.3 Å². The van der Waals surface area contributed by atoms with Gasteiger partial charge in [0.05, 0.1) is 0 Å². The van der Waals surface area contributed by atoms with Crippen molar-refractivity contribution in [3.63, 3.8) is 0 Å². The number of nitrogens with one attached hydrogen (secondary N) is 1. The van der Waals surface area contributed by atoms with E-state index in [9.17, 15) is 9.59 Å². The van der Waals surface area contributed by atoms with E-state index in [1.165, 1.54) is 0 Å². The predicted molar refractivity (Wildman–Crippen MR) is 135 cm³/mol. The van der Waals surface area contributed by atoms with E-state index in [1.54, 1.807) is 20.8 Å².